The van der Waals surface area contributed by atoms with Crippen molar-refractivity contribution in [2.24, 2.45) is 5.92 Å². The molecule has 2 rings (SSSR count). The van der Waals surface area contributed by atoms with Crippen LogP contribution in [0.1, 0.15) is 19.8 Å². The summed E-state index contributed by atoms with van der Waals surface area (Å²) >= 11 is 4.91. The van der Waals surface area contributed by atoms with Gasteiger partial charge in [-0.2, -0.15) is 0 Å². The van der Waals surface area contributed by atoms with Crippen molar-refractivity contribution in [3.05, 3.63) is 29.6 Å². The van der Waals surface area contributed by atoms with Crippen molar-refractivity contribution in [1.29, 1.82) is 0 Å². The van der Waals surface area contributed by atoms with Crippen LogP contribution in [0.2, 0.25) is 0 Å². The van der Waals surface area contributed by atoms with Gasteiger partial charge in [0, 0.05) is 25.2 Å². The highest BCUT2D eigenvalue weighted by molar-refractivity contribution is 7.80. The predicted molar refractivity (Wildman–Crippen MR) is 85.5 cm³/mol. The first kappa shape index (κ1) is 17.5. The number of rotatable bonds is 3. The van der Waals surface area contributed by atoms with E-state index in [0.29, 0.717) is 31.1 Å². The number of benzene rings is 1. The van der Waals surface area contributed by atoms with Gasteiger partial charge >= 0.3 is 0 Å². The van der Waals surface area contributed by atoms with Gasteiger partial charge in [-0.15, -0.1) is 0 Å². The number of nitrogens with one attached hydrogen (secondary N) is 2. The Labute approximate surface area is 138 Å². The van der Waals surface area contributed by atoms with E-state index in [1.807, 2.05) is 0 Å². The molecule has 4 nitrogen and oxygen atoms in total. The molecule has 0 radical (unpaired) electrons. The fourth-order valence-electron chi connectivity index (χ4n) is 2.35. The lowest BCUT2D eigenvalue weighted by Crippen LogP contribution is -2.44. The van der Waals surface area contributed by atoms with Gasteiger partial charge in [-0.25, -0.2) is 13.2 Å². The number of thiocarbonyl (C=S) groups is 1. The summed E-state index contributed by atoms with van der Waals surface area (Å²) in [5, 5.41) is 4.81. The largest absolute Gasteiger partial charge is 0.353 e. The SMILES string of the molecule is CC1CCN(C(=O)CNC(=S)Nc2c(F)cc(F)cc2F)CC1. The van der Waals surface area contributed by atoms with Crippen molar-refractivity contribution in [2.45, 2.75) is 19.8 Å². The molecule has 1 aromatic rings. The number of halogens is 3. The summed E-state index contributed by atoms with van der Waals surface area (Å²) in [6.07, 6.45) is 1.92. The van der Waals surface area contributed by atoms with E-state index in [9.17, 15) is 18.0 Å². The Balaban J connectivity index is 1.85. The molecule has 126 valence electrons. The molecular formula is C15H18F3N3OS. The quantitative estimate of drug-likeness (QED) is 0.827. The molecule has 1 aliphatic heterocycles. The van der Waals surface area contributed by atoms with E-state index in [0.717, 1.165) is 12.8 Å². The van der Waals surface area contributed by atoms with Gasteiger partial charge in [0.1, 0.15) is 11.5 Å². The minimum atomic E-state index is -1.09. The van der Waals surface area contributed by atoms with E-state index in [2.05, 4.69) is 17.6 Å². The molecule has 1 aliphatic rings. The smallest absolute Gasteiger partial charge is 0.241 e. The first-order valence-electron chi connectivity index (χ1n) is 7.34. The van der Waals surface area contributed by atoms with Gasteiger partial charge in [-0.3, -0.25) is 4.79 Å². The molecule has 0 aromatic heterocycles. The van der Waals surface area contributed by atoms with Crippen molar-refractivity contribution < 1.29 is 18.0 Å². The fourth-order valence-corrected chi connectivity index (χ4v) is 2.52. The average Bonchev–Trinajstić information content (AvgIpc) is 2.49. The van der Waals surface area contributed by atoms with E-state index in [1.165, 1.54) is 0 Å². The molecule has 0 atom stereocenters. The Kier molecular flexibility index (Phi) is 5.81. The number of hydrogen-bond acceptors (Lipinski definition) is 2. The van der Waals surface area contributed by atoms with E-state index in [-0.39, 0.29) is 17.6 Å². The van der Waals surface area contributed by atoms with Gasteiger partial charge in [0.25, 0.3) is 0 Å². The van der Waals surface area contributed by atoms with Crippen LogP contribution in [-0.4, -0.2) is 35.6 Å². The van der Waals surface area contributed by atoms with Gasteiger partial charge in [-0.05, 0) is 31.0 Å². The summed E-state index contributed by atoms with van der Waals surface area (Å²) in [6.45, 7) is 3.47. The van der Waals surface area contributed by atoms with Crippen LogP contribution < -0.4 is 10.6 Å². The Bertz CT molecular complexity index is 581. The molecule has 1 heterocycles. The molecule has 0 saturated carbocycles. The lowest BCUT2D eigenvalue weighted by molar-refractivity contribution is -0.131. The first-order valence-corrected chi connectivity index (χ1v) is 7.75. The number of nitrogens with zero attached hydrogens (tertiary/aromatic N) is 1. The Morgan fingerprint density at radius 3 is 2.39 bits per heavy atom. The first-order chi connectivity index (χ1) is 10.9. The van der Waals surface area contributed by atoms with Crippen molar-refractivity contribution >= 4 is 28.9 Å². The Morgan fingerprint density at radius 1 is 1.26 bits per heavy atom. The number of piperidine rings is 1. The third kappa shape index (κ3) is 4.82. The lowest BCUT2D eigenvalue weighted by Gasteiger charge is -2.30. The number of likely N-dealkylation sites (tertiary alicyclic amines) is 1. The summed E-state index contributed by atoms with van der Waals surface area (Å²) in [5.41, 5.74) is -0.553. The minimum Gasteiger partial charge on any atom is -0.353 e. The Hall–Kier alpha value is -1.83. The molecule has 2 N–H and O–H groups in total. The number of anilines is 1. The summed E-state index contributed by atoms with van der Waals surface area (Å²) < 4.78 is 39.8. The Morgan fingerprint density at radius 2 is 1.83 bits per heavy atom. The molecule has 8 heteroatoms. The van der Waals surface area contributed by atoms with Crippen LogP contribution in [0.15, 0.2) is 12.1 Å². The maximum absolute atomic E-state index is 13.5. The molecule has 0 bridgehead atoms. The zero-order chi connectivity index (χ0) is 17.0. The topological polar surface area (TPSA) is 44.4 Å². The van der Waals surface area contributed by atoms with Crippen molar-refractivity contribution in [1.82, 2.24) is 10.2 Å². The maximum Gasteiger partial charge on any atom is 0.241 e. The third-order valence-electron chi connectivity index (χ3n) is 3.78. The summed E-state index contributed by atoms with van der Waals surface area (Å²) in [4.78, 5) is 13.7. The zero-order valence-electron chi connectivity index (χ0n) is 12.7. The second-order valence-corrected chi connectivity index (χ2v) is 6.02. The van der Waals surface area contributed by atoms with Crippen LogP contribution in [0.3, 0.4) is 0 Å². The summed E-state index contributed by atoms with van der Waals surface area (Å²) in [5.74, 6) is -2.72. The summed E-state index contributed by atoms with van der Waals surface area (Å²) in [7, 11) is 0. The molecule has 0 aliphatic carbocycles. The van der Waals surface area contributed by atoms with E-state index in [1.54, 1.807) is 4.90 Å². The molecule has 23 heavy (non-hydrogen) atoms. The standard InChI is InChI=1S/C15H18F3N3OS/c1-9-2-4-21(5-3-9)13(22)8-19-15(23)20-14-11(17)6-10(16)7-12(14)18/h6-7,9H,2-5,8H2,1H3,(H2,19,20,23). The summed E-state index contributed by atoms with van der Waals surface area (Å²) in [6, 6.07) is 1.10. The van der Waals surface area contributed by atoms with Gasteiger partial charge in [0.2, 0.25) is 5.91 Å². The van der Waals surface area contributed by atoms with Crippen molar-refractivity contribution in [3.63, 3.8) is 0 Å². The number of carbonyl (C=O) groups excluding carboxylic acids is 1. The van der Waals surface area contributed by atoms with Gasteiger partial charge in [-0.1, -0.05) is 6.92 Å². The molecule has 1 amide bonds. The zero-order valence-corrected chi connectivity index (χ0v) is 13.5. The normalized spacial score (nSPS) is 15.4. The highest BCUT2D eigenvalue weighted by atomic mass is 32.1. The highest BCUT2D eigenvalue weighted by Crippen LogP contribution is 2.20. The molecule has 0 spiro atoms. The lowest BCUT2D eigenvalue weighted by atomic mass is 9.99. The second kappa shape index (κ2) is 7.63. The van der Waals surface area contributed by atoms with Crippen LogP contribution in [0.25, 0.3) is 0 Å². The molecule has 0 unspecified atom stereocenters. The monoisotopic (exact) mass is 345 g/mol. The van der Waals surface area contributed by atoms with Gasteiger partial charge in [0.05, 0.1) is 6.54 Å². The maximum atomic E-state index is 13.5. The van der Waals surface area contributed by atoms with Crippen LogP contribution in [0, 0.1) is 23.4 Å². The fraction of sp³-hybridized carbons (Fsp3) is 0.467. The van der Waals surface area contributed by atoms with Gasteiger partial charge in [0.15, 0.2) is 16.7 Å². The number of carbonyl (C=O) groups is 1. The molecule has 1 fully saturated rings. The second-order valence-electron chi connectivity index (χ2n) is 5.62. The van der Waals surface area contributed by atoms with E-state index in [4.69, 9.17) is 12.2 Å². The third-order valence-corrected chi connectivity index (χ3v) is 4.03. The highest BCUT2D eigenvalue weighted by Gasteiger charge is 2.20. The number of hydrogen-bond donors (Lipinski definition) is 2. The predicted octanol–water partition coefficient (Wildman–Crippen LogP) is 2.65. The van der Waals surface area contributed by atoms with Crippen molar-refractivity contribution in [3.8, 4) is 0 Å². The van der Waals surface area contributed by atoms with Crippen LogP contribution in [-0.2, 0) is 4.79 Å². The molecular weight excluding hydrogens is 327 g/mol. The average molecular weight is 345 g/mol. The van der Waals surface area contributed by atoms with Gasteiger partial charge < -0.3 is 15.5 Å². The van der Waals surface area contributed by atoms with Crippen LogP contribution >= 0.6 is 12.2 Å². The van der Waals surface area contributed by atoms with E-state index >= 15 is 0 Å². The molecule has 1 aromatic carbocycles. The van der Waals surface area contributed by atoms with Crippen molar-refractivity contribution in [2.75, 3.05) is 25.0 Å². The van der Waals surface area contributed by atoms with E-state index < -0.39 is 23.1 Å². The van der Waals surface area contributed by atoms with Crippen LogP contribution in [0.5, 0.6) is 0 Å². The van der Waals surface area contributed by atoms with Crippen LogP contribution in [0.4, 0.5) is 18.9 Å². The number of amides is 1. The minimum absolute atomic E-state index is 0.0648. The molecule has 1 saturated heterocycles.